The summed E-state index contributed by atoms with van der Waals surface area (Å²) < 4.78 is 12.6. The number of hydrogen-bond donors (Lipinski definition) is 2. The lowest BCUT2D eigenvalue weighted by atomic mass is 9.98. The molecule has 2 rings (SSSR count). The number of rotatable bonds is 5. The molecule has 112 valence electrons. The SMILES string of the molecule is COc1ccc(C(NN)c2ccccc2Br)c(OC)c1Br. The number of ether oxygens (including phenoxy) is 2. The van der Waals surface area contributed by atoms with Crippen LogP contribution in [0.2, 0.25) is 0 Å². The van der Waals surface area contributed by atoms with E-state index in [4.69, 9.17) is 15.3 Å². The lowest BCUT2D eigenvalue weighted by Crippen LogP contribution is -2.29. The van der Waals surface area contributed by atoms with E-state index < -0.39 is 0 Å². The average molecular weight is 416 g/mol. The van der Waals surface area contributed by atoms with Crippen molar-refractivity contribution < 1.29 is 9.47 Å². The van der Waals surface area contributed by atoms with Crippen LogP contribution in [0.5, 0.6) is 11.5 Å². The third-order valence-electron chi connectivity index (χ3n) is 3.21. The maximum Gasteiger partial charge on any atom is 0.141 e. The molecule has 0 saturated carbocycles. The van der Waals surface area contributed by atoms with Gasteiger partial charge in [0.1, 0.15) is 16.0 Å². The highest BCUT2D eigenvalue weighted by atomic mass is 79.9. The molecule has 0 aliphatic carbocycles. The first-order chi connectivity index (χ1) is 10.1. The van der Waals surface area contributed by atoms with E-state index in [0.29, 0.717) is 11.5 Å². The number of halogens is 2. The van der Waals surface area contributed by atoms with Gasteiger partial charge in [-0.15, -0.1) is 0 Å². The number of benzene rings is 2. The van der Waals surface area contributed by atoms with E-state index >= 15 is 0 Å². The van der Waals surface area contributed by atoms with Crippen LogP contribution in [0.15, 0.2) is 45.3 Å². The van der Waals surface area contributed by atoms with Crippen molar-refractivity contribution in [1.29, 1.82) is 0 Å². The first-order valence-corrected chi connectivity index (χ1v) is 7.83. The van der Waals surface area contributed by atoms with Gasteiger partial charge < -0.3 is 9.47 Å². The van der Waals surface area contributed by atoms with Crippen molar-refractivity contribution in [3.05, 3.63) is 56.5 Å². The number of hydrogen-bond acceptors (Lipinski definition) is 4. The second-order valence-corrected chi connectivity index (χ2v) is 5.97. The molecule has 0 radical (unpaired) electrons. The van der Waals surface area contributed by atoms with Crippen LogP contribution in [0.25, 0.3) is 0 Å². The number of nitrogens with one attached hydrogen (secondary N) is 1. The second kappa shape index (κ2) is 7.26. The molecule has 3 N–H and O–H groups in total. The van der Waals surface area contributed by atoms with Crippen LogP contribution < -0.4 is 20.7 Å². The van der Waals surface area contributed by atoms with Gasteiger partial charge in [-0.2, -0.15) is 0 Å². The van der Waals surface area contributed by atoms with E-state index in [2.05, 4.69) is 37.3 Å². The predicted molar refractivity (Wildman–Crippen MR) is 90.6 cm³/mol. The number of nitrogens with two attached hydrogens (primary N) is 1. The van der Waals surface area contributed by atoms with Gasteiger partial charge in [0.05, 0.1) is 20.3 Å². The van der Waals surface area contributed by atoms with Crippen LogP contribution in [0.3, 0.4) is 0 Å². The Morgan fingerprint density at radius 2 is 1.71 bits per heavy atom. The molecule has 0 saturated heterocycles. The Morgan fingerprint density at radius 1 is 1.00 bits per heavy atom. The van der Waals surface area contributed by atoms with Gasteiger partial charge in [0, 0.05) is 10.0 Å². The minimum absolute atomic E-state index is 0.210. The van der Waals surface area contributed by atoms with Crippen molar-refractivity contribution in [2.75, 3.05) is 14.2 Å². The van der Waals surface area contributed by atoms with E-state index in [0.717, 1.165) is 20.1 Å². The fraction of sp³-hybridized carbons (Fsp3) is 0.200. The van der Waals surface area contributed by atoms with Crippen molar-refractivity contribution in [3.63, 3.8) is 0 Å². The third kappa shape index (κ3) is 3.23. The Balaban J connectivity index is 2.58. The summed E-state index contributed by atoms with van der Waals surface area (Å²) in [5.74, 6) is 7.17. The molecule has 2 aromatic rings. The van der Waals surface area contributed by atoms with Crippen molar-refractivity contribution in [2.24, 2.45) is 5.84 Å². The maximum absolute atomic E-state index is 5.78. The largest absolute Gasteiger partial charge is 0.495 e. The molecule has 0 aromatic heterocycles. The minimum Gasteiger partial charge on any atom is -0.495 e. The van der Waals surface area contributed by atoms with Crippen LogP contribution in [0.1, 0.15) is 17.2 Å². The second-order valence-electron chi connectivity index (χ2n) is 4.33. The normalized spacial score (nSPS) is 12.0. The Hall–Kier alpha value is -1.08. The van der Waals surface area contributed by atoms with Crippen molar-refractivity contribution >= 4 is 31.9 Å². The van der Waals surface area contributed by atoms with E-state index in [9.17, 15) is 0 Å². The zero-order valence-corrected chi connectivity index (χ0v) is 14.9. The van der Waals surface area contributed by atoms with Gasteiger partial charge in [0.25, 0.3) is 0 Å². The zero-order chi connectivity index (χ0) is 15.4. The minimum atomic E-state index is -0.210. The van der Waals surface area contributed by atoms with Gasteiger partial charge in [0.2, 0.25) is 0 Å². The Morgan fingerprint density at radius 3 is 2.29 bits per heavy atom. The van der Waals surface area contributed by atoms with Crippen molar-refractivity contribution in [3.8, 4) is 11.5 Å². The summed E-state index contributed by atoms with van der Waals surface area (Å²) in [6, 6.07) is 11.5. The lowest BCUT2D eigenvalue weighted by Gasteiger charge is -2.22. The Bertz CT molecular complexity index is 635. The molecule has 1 unspecified atom stereocenters. The molecule has 0 aliphatic rings. The Kier molecular flexibility index (Phi) is 5.64. The summed E-state index contributed by atoms with van der Waals surface area (Å²) >= 11 is 7.07. The summed E-state index contributed by atoms with van der Waals surface area (Å²) in [5.41, 5.74) is 4.78. The fourth-order valence-corrected chi connectivity index (χ4v) is 3.40. The highest BCUT2D eigenvalue weighted by Gasteiger charge is 2.22. The lowest BCUT2D eigenvalue weighted by molar-refractivity contribution is 0.382. The topological polar surface area (TPSA) is 56.5 Å². The monoisotopic (exact) mass is 414 g/mol. The third-order valence-corrected chi connectivity index (χ3v) is 4.68. The molecular weight excluding hydrogens is 400 g/mol. The molecule has 2 aromatic carbocycles. The molecule has 0 aliphatic heterocycles. The number of methoxy groups -OCH3 is 2. The van der Waals surface area contributed by atoms with Gasteiger partial charge in [0.15, 0.2) is 0 Å². The van der Waals surface area contributed by atoms with Gasteiger partial charge in [-0.25, -0.2) is 5.43 Å². The van der Waals surface area contributed by atoms with Gasteiger partial charge in [-0.05, 0) is 39.7 Å². The standard InChI is InChI=1S/C15H16Br2N2O2/c1-20-12-8-7-10(15(21-2)13(12)17)14(19-18)9-5-3-4-6-11(9)16/h3-8,14,19H,18H2,1-2H3. The summed E-state index contributed by atoms with van der Waals surface area (Å²) in [6.45, 7) is 0. The summed E-state index contributed by atoms with van der Waals surface area (Å²) in [7, 11) is 3.24. The quantitative estimate of drug-likeness (QED) is 0.576. The fourth-order valence-electron chi connectivity index (χ4n) is 2.20. The summed E-state index contributed by atoms with van der Waals surface area (Å²) in [6.07, 6.45) is 0. The molecular formula is C15H16Br2N2O2. The van der Waals surface area contributed by atoms with Crippen molar-refractivity contribution in [2.45, 2.75) is 6.04 Å². The van der Waals surface area contributed by atoms with Crippen LogP contribution in [-0.2, 0) is 0 Å². The summed E-state index contributed by atoms with van der Waals surface area (Å²) in [5, 5.41) is 0. The van der Waals surface area contributed by atoms with E-state index in [1.54, 1.807) is 14.2 Å². The number of hydrazine groups is 1. The van der Waals surface area contributed by atoms with E-state index in [-0.39, 0.29) is 6.04 Å². The molecule has 0 heterocycles. The molecule has 21 heavy (non-hydrogen) atoms. The molecule has 1 atom stereocenters. The highest BCUT2D eigenvalue weighted by Crippen LogP contribution is 2.42. The van der Waals surface area contributed by atoms with Crippen LogP contribution in [0.4, 0.5) is 0 Å². The molecule has 0 amide bonds. The molecule has 6 heteroatoms. The zero-order valence-electron chi connectivity index (χ0n) is 11.7. The van der Waals surface area contributed by atoms with Crippen molar-refractivity contribution in [1.82, 2.24) is 5.43 Å². The van der Waals surface area contributed by atoms with Crippen LogP contribution in [-0.4, -0.2) is 14.2 Å². The predicted octanol–water partition coefficient (Wildman–Crippen LogP) is 3.78. The molecule has 0 spiro atoms. The maximum atomic E-state index is 5.78. The smallest absolute Gasteiger partial charge is 0.141 e. The molecule has 0 fully saturated rings. The highest BCUT2D eigenvalue weighted by molar-refractivity contribution is 9.11. The van der Waals surface area contributed by atoms with E-state index in [1.807, 2.05) is 36.4 Å². The van der Waals surface area contributed by atoms with E-state index in [1.165, 1.54) is 0 Å². The van der Waals surface area contributed by atoms with Crippen LogP contribution in [0, 0.1) is 0 Å². The first-order valence-electron chi connectivity index (χ1n) is 6.25. The summed E-state index contributed by atoms with van der Waals surface area (Å²) in [4.78, 5) is 0. The van der Waals surface area contributed by atoms with Crippen LogP contribution >= 0.6 is 31.9 Å². The Labute approximate surface area is 140 Å². The van der Waals surface area contributed by atoms with Gasteiger partial charge >= 0.3 is 0 Å². The van der Waals surface area contributed by atoms with Gasteiger partial charge in [-0.3, -0.25) is 5.84 Å². The first kappa shape index (κ1) is 16.3. The molecule has 4 nitrogen and oxygen atoms in total. The molecule has 0 bridgehead atoms. The average Bonchev–Trinajstić information content (AvgIpc) is 2.50. The van der Waals surface area contributed by atoms with Gasteiger partial charge in [-0.1, -0.05) is 34.1 Å².